The first-order valence-corrected chi connectivity index (χ1v) is 43.4. The van der Waals surface area contributed by atoms with Gasteiger partial charge in [-0.05, 0) is 164 Å². The molecule has 7 N–H and O–H groups in total. The third-order valence-electron chi connectivity index (χ3n) is 20.8. The molecule has 2 fully saturated rings. The summed E-state index contributed by atoms with van der Waals surface area (Å²) in [7, 11) is 2.00. The van der Waals surface area contributed by atoms with Crippen LogP contribution in [0.15, 0.2) is 248 Å². The zero-order valence-corrected chi connectivity index (χ0v) is 75.1. The van der Waals surface area contributed by atoms with Crippen molar-refractivity contribution in [3.8, 4) is 0 Å². The highest BCUT2D eigenvalue weighted by Gasteiger charge is 2.25. The lowest BCUT2D eigenvalue weighted by atomic mass is 9.97. The van der Waals surface area contributed by atoms with Gasteiger partial charge in [-0.2, -0.15) is 0 Å². The molecule has 3 aliphatic heterocycles. The van der Waals surface area contributed by atoms with Gasteiger partial charge in [-0.25, -0.2) is 19.9 Å². The van der Waals surface area contributed by atoms with Crippen molar-refractivity contribution in [2.45, 2.75) is 64.7 Å². The van der Waals surface area contributed by atoms with Crippen molar-refractivity contribution in [3.63, 3.8) is 0 Å². The molecule has 0 radical (unpaired) electrons. The molecule has 4 aromatic heterocycles. The van der Waals surface area contributed by atoms with E-state index >= 15 is 0 Å². The number of hydrogen-bond donors (Lipinski definition) is 7. The maximum Gasteiger partial charge on any atom is 0.257 e. The van der Waals surface area contributed by atoms with E-state index in [0.717, 1.165) is 93.0 Å². The van der Waals surface area contributed by atoms with Crippen LogP contribution in [0, 0.1) is 16.2 Å². The van der Waals surface area contributed by atoms with Crippen molar-refractivity contribution in [1.82, 2.24) is 34.6 Å². The summed E-state index contributed by atoms with van der Waals surface area (Å²) in [5.74, 6) is 1.16. The van der Waals surface area contributed by atoms with Crippen LogP contribution in [0.3, 0.4) is 0 Å². The summed E-state index contributed by atoms with van der Waals surface area (Å²) in [6, 6.07) is 60.8. The molecule has 0 aliphatic carbocycles. The summed E-state index contributed by atoms with van der Waals surface area (Å²) in [6.45, 7) is 6.94. The van der Waals surface area contributed by atoms with Crippen molar-refractivity contribution < 1.29 is 38.4 Å². The zero-order valence-electron chi connectivity index (χ0n) is 69.1. The Morgan fingerprint density at radius 2 is 0.562 bits per heavy atom. The summed E-state index contributed by atoms with van der Waals surface area (Å²) in [5.41, 5.74) is 9.34. The molecular weight excluding hydrogens is 1790 g/mol. The summed E-state index contributed by atoms with van der Waals surface area (Å²) in [4.78, 5) is 130. The Hall–Kier alpha value is -12.7. The number of ketones is 4. The third kappa shape index (κ3) is 26.5. The lowest BCUT2D eigenvalue weighted by Crippen LogP contribution is -2.35. The number of likely N-dealkylation sites (tertiary alicyclic amines) is 2. The number of rotatable bonds is 24. The molecule has 15 rings (SSSR count). The van der Waals surface area contributed by atoms with E-state index < -0.39 is 23.6 Å². The van der Waals surface area contributed by atoms with Crippen LogP contribution in [0.25, 0.3) is 0 Å². The number of anilines is 4. The van der Waals surface area contributed by atoms with Crippen LogP contribution in [-0.2, 0) is 25.7 Å². The molecule has 0 spiro atoms. The second-order valence-corrected chi connectivity index (χ2v) is 33.4. The number of amidine groups is 3. The molecule has 23 nitrogen and oxygen atoms in total. The monoisotopic (exact) mass is 1870 g/mol. The molecule has 650 valence electrons. The molecule has 0 atom stereocenters. The van der Waals surface area contributed by atoms with Gasteiger partial charge in [-0.1, -0.05) is 214 Å². The number of amides is 4. The van der Waals surface area contributed by atoms with Crippen LogP contribution in [0.2, 0.25) is 40.2 Å². The lowest BCUT2D eigenvalue weighted by molar-refractivity contribution is 0.0980. The SMILES string of the molecule is CC(=N)c1ccc(C(=O)Cc2ccc(Cl)cc2C(=O)Nc2ccc(Cl)cn2)cc1.CN1CCN=C1c1ccc(C(=O)Cc2ccc(Cl)cc2C(=O)Nc2ccc(Cl)cn2)cc1.N=C(c1ccc(C(=O)Cc2ccc(Cl)cc2C(=O)Nc2ccc(Cl)cn2)cc1)N1CCCC1.N=C(c1ccc(C(=O)Cc2ccc(Cl)cc2C(=O)Nc2ccc(Cl)cn2)cc1)N1CCCCC1. The number of Topliss-reactive ketones (excluding diaryl/α,β-unsaturated/α-hetero) is 4. The van der Waals surface area contributed by atoms with E-state index in [1.54, 1.807) is 189 Å². The molecule has 12 aromatic rings. The maximum absolute atomic E-state index is 13.0. The second-order valence-electron chi connectivity index (χ2n) is 29.9. The number of nitrogens with one attached hydrogen (secondary N) is 7. The molecule has 0 saturated carbocycles. The quantitative estimate of drug-likeness (QED) is 0.0168. The van der Waals surface area contributed by atoms with Crippen molar-refractivity contribution in [2.24, 2.45) is 4.99 Å². The van der Waals surface area contributed by atoms with Crippen LogP contribution < -0.4 is 21.3 Å². The number of aliphatic imine (C=N–C) groups is 1. The summed E-state index contributed by atoms with van der Waals surface area (Å²) in [5, 5.41) is 38.7. The second kappa shape index (κ2) is 45.1. The molecule has 7 heterocycles. The highest BCUT2D eigenvalue weighted by atomic mass is 35.5. The number of nitrogens with zero attached hydrogens (tertiary/aromatic N) is 8. The first-order chi connectivity index (χ1) is 61.5. The minimum Gasteiger partial charge on any atom is -0.358 e. The van der Waals surface area contributed by atoms with Gasteiger partial charge in [0.2, 0.25) is 0 Å². The Morgan fingerprint density at radius 3 is 0.812 bits per heavy atom. The van der Waals surface area contributed by atoms with Crippen molar-refractivity contribution in [2.75, 3.05) is 67.6 Å². The number of halogens is 8. The number of hydrogen-bond acceptors (Lipinski definition) is 17. The smallest absolute Gasteiger partial charge is 0.257 e. The zero-order chi connectivity index (χ0) is 91.1. The van der Waals surface area contributed by atoms with E-state index in [4.69, 9.17) is 109 Å². The van der Waals surface area contributed by atoms with Gasteiger partial charge >= 0.3 is 0 Å². The minimum absolute atomic E-state index is 0.0386. The number of aromatic nitrogens is 4. The Balaban J connectivity index is 0.000000155. The topological polar surface area (TPSA) is 330 Å². The van der Waals surface area contributed by atoms with Gasteiger partial charge in [0.25, 0.3) is 23.6 Å². The number of carbonyl (C=O) groups is 8. The molecule has 4 amide bonds. The van der Waals surface area contributed by atoms with Gasteiger partial charge in [0.15, 0.2) is 23.1 Å². The summed E-state index contributed by atoms with van der Waals surface area (Å²) < 4.78 is 0. The predicted molar refractivity (Wildman–Crippen MR) is 509 cm³/mol. The Morgan fingerprint density at radius 1 is 0.312 bits per heavy atom. The van der Waals surface area contributed by atoms with E-state index in [1.165, 1.54) is 43.3 Å². The van der Waals surface area contributed by atoms with Crippen molar-refractivity contribution in [3.05, 3.63) is 372 Å². The standard InChI is InChI=1S/C26H24Cl2N4O2.C25H22Cl2N4O2.C24H20Cl2N4O2.C22H17Cl2N3O2/c27-20-9-8-19(22(15-20)26(34)31-24-11-10-21(28)16-30-24)14-23(33)17-4-6-18(7-5-17)25(29)32-12-2-1-3-13-32;26-19-8-7-18(21(14-19)25(33)30-23-10-9-20(27)15-29-23)13-22(32)16-3-5-17(6-4-16)24(28)31-11-1-2-12-31;1-30-11-10-27-23(30)16-4-2-15(3-5-16)21(31)12-17-6-7-18(25)13-20(17)24(32)29-22-9-8-19(26)14-28-22;1-13(25)14-2-4-15(5-3-14)20(28)10-16-6-7-17(23)11-19(16)22(29)27-21-9-8-18(24)12-26-21/h4-11,15-16,29H,1-3,12-14H2,(H,30,31,34);3-10,14-15,28H,1-2,11-13H2,(H,29,30,33);2-9,13-14H,10-12H2,1H3,(H,28,29,32);2-9,11-12,25H,10H2,1H3,(H,26,27,29). The fraction of sp³-hybridized carbons (Fsp3) is 0.175. The third-order valence-corrected chi connectivity index (χ3v) is 22.6. The van der Waals surface area contributed by atoms with Crippen LogP contribution >= 0.6 is 92.8 Å². The normalized spacial score (nSPS) is 12.6. The van der Waals surface area contributed by atoms with Gasteiger partial charge in [-0.15, -0.1) is 0 Å². The van der Waals surface area contributed by atoms with E-state index in [0.29, 0.717) is 148 Å². The molecule has 2 saturated heterocycles. The highest BCUT2D eigenvalue weighted by molar-refractivity contribution is 6.34. The fourth-order valence-electron chi connectivity index (χ4n) is 13.9. The van der Waals surface area contributed by atoms with E-state index in [-0.39, 0.29) is 48.8 Å². The first-order valence-electron chi connectivity index (χ1n) is 40.4. The molecule has 31 heteroatoms. The van der Waals surface area contributed by atoms with Crippen LogP contribution in [0.5, 0.6) is 0 Å². The molecule has 3 aliphatic rings. The summed E-state index contributed by atoms with van der Waals surface area (Å²) in [6.07, 6.45) is 11.5. The van der Waals surface area contributed by atoms with E-state index in [2.05, 4.69) is 56.0 Å². The molecule has 0 bridgehead atoms. The van der Waals surface area contributed by atoms with Gasteiger partial charge in [-0.3, -0.25) is 54.2 Å². The van der Waals surface area contributed by atoms with Crippen LogP contribution in [0.4, 0.5) is 23.3 Å². The number of carbonyl (C=O) groups excluding carboxylic acids is 8. The van der Waals surface area contributed by atoms with Gasteiger partial charge in [0.05, 0.1) is 26.6 Å². The predicted octanol–water partition coefficient (Wildman–Crippen LogP) is 21.6. The van der Waals surface area contributed by atoms with Gasteiger partial charge in [0.1, 0.15) is 40.8 Å². The van der Waals surface area contributed by atoms with Crippen LogP contribution in [-0.4, -0.2) is 151 Å². The number of piperidine rings is 1. The van der Waals surface area contributed by atoms with E-state index in [1.807, 2.05) is 36.2 Å². The summed E-state index contributed by atoms with van der Waals surface area (Å²) >= 11 is 47.8. The van der Waals surface area contributed by atoms with Gasteiger partial charge in [0, 0.05) is 177 Å². The minimum atomic E-state index is -0.417. The fourth-order valence-corrected chi connectivity index (χ4v) is 15.0. The average molecular weight is 1870 g/mol. The molecule has 128 heavy (non-hydrogen) atoms. The van der Waals surface area contributed by atoms with Crippen molar-refractivity contribution in [1.29, 1.82) is 16.2 Å². The van der Waals surface area contributed by atoms with E-state index in [9.17, 15) is 38.4 Å². The van der Waals surface area contributed by atoms with Crippen LogP contribution in [0.1, 0.15) is 166 Å². The average Bonchev–Trinajstić information content (AvgIpc) is 0.870. The Labute approximate surface area is 779 Å². The molecular formula is C97H83Cl8N15O8. The molecule has 8 aromatic carbocycles. The number of benzene rings is 8. The van der Waals surface area contributed by atoms with Crippen molar-refractivity contribution >= 4 is 186 Å². The number of pyridine rings is 4. The maximum atomic E-state index is 13.0. The first kappa shape index (κ1) is 94.5. The lowest BCUT2D eigenvalue weighted by Gasteiger charge is -2.29. The number of likely N-dealkylation sites (N-methyl/N-ethyl adjacent to an activating group) is 1. The van der Waals surface area contributed by atoms with Gasteiger partial charge < -0.3 is 41.4 Å². The largest absolute Gasteiger partial charge is 0.358 e. The Bertz CT molecular complexity index is 6160. The highest BCUT2D eigenvalue weighted by Crippen LogP contribution is 2.29. The Kier molecular flexibility index (Phi) is 33.3. The molecule has 0 unspecified atom stereocenters.